The number of carbonyl (C=O) groups is 2. The van der Waals surface area contributed by atoms with Crippen molar-refractivity contribution in [2.45, 2.75) is 19.9 Å². The molecule has 2 N–H and O–H groups in total. The molecule has 1 aromatic heterocycles. The number of hydrogen-bond acceptors (Lipinski definition) is 4. The smallest absolute Gasteiger partial charge is 0.268 e. The van der Waals surface area contributed by atoms with E-state index in [0.29, 0.717) is 17.1 Å². The van der Waals surface area contributed by atoms with Crippen LogP contribution in [-0.2, 0) is 4.79 Å². The summed E-state index contributed by atoms with van der Waals surface area (Å²) in [6, 6.07) is 25.5. The van der Waals surface area contributed by atoms with Gasteiger partial charge in [-0.05, 0) is 66.9 Å². The van der Waals surface area contributed by atoms with Gasteiger partial charge in [0.05, 0.1) is 19.4 Å². The van der Waals surface area contributed by atoms with Gasteiger partial charge in [0.2, 0.25) is 0 Å². The van der Waals surface area contributed by atoms with E-state index < -0.39 is 17.9 Å². The number of amides is 2. The molecule has 1 atom stereocenters. The molecule has 3 aromatic carbocycles. The molecule has 0 saturated carbocycles. The first-order valence-corrected chi connectivity index (χ1v) is 11.6. The maximum Gasteiger partial charge on any atom is 0.268 e. The first kappa shape index (κ1) is 24.5. The standard InChI is InChI=1S/C30H28N2O4/c1-20-11-16-26(21(2)18-20)28(22-8-5-4-6-9-22)32-30(34)27(19-25-10-7-17-36-25)31-29(33)23-12-14-24(35-3)15-13-23/h4-19,28H,1-3H3,(H,31,33)(H,32,34)/b27-19-/t28-/m0/s1. The lowest BCUT2D eigenvalue weighted by atomic mass is 9.93. The second kappa shape index (κ2) is 11.2. The number of hydrogen-bond donors (Lipinski definition) is 2. The van der Waals surface area contributed by atoms with E-state index in [1.165, 1.54) is 12.3 Å². The number of methoxy groups -OCH3 is 1. The predicted molar refractivity (Wildman–Crippen MR) is 139 cm³/mol. The van der Waals surface area contributed by atoms with E-state index in [1.807, 2.05) is 56.3 Å². The summed E-state index contributed by atoms with van der Waals surface area (Å²) in [6.07, 6.45) is 3.02. The Bertz CT molecular complexity index is 1360. The Kier molecular flexibility index (Phi) is 7.66. The van der Waals surface area contributed by atoms with Crippen molar-refractivity contribution in [3.63, 3.8) is 0 Å². The molecule has 0 aliphatic rings. The summed E-state index contributed by atoms with van der Waals surface area (Å²) in [5, 5.41) is 5.86. The second-order valence-electron chi connectivity index (χ2n) is 8.43. The molecule has 4 aromatic rings. The van der Waals surface area contributed by atoms with Crippen LogP contribution in [0.3, 0.4) is 0 Å². The highest BCUT2D eigenvalue weighted by Crippen LogP contribution is 2.26. The molecule has 1 heterocycles. The Labute approximate surface area is 210 Å². The number of nitrogens with one attached hydrogen (secondary N) is 2. The average molecular weight is 481 g/mol. The third kappa shape index (κ3) is 5.91. The molecule has 182 valence electrons. The molecule has 0 saturated heterocycles. The molecule has 0 unspecified atom stereocenters. The van der Waals surface area contributed by atoms with Crippen LogP contribution in [0.25, 0.3) is 6.08 Å². The van der Waals surface area contributed by atoms with E-state index in [-0.39, 0.29) is 5.70 Å². The lowest BCUT2D eigenvalue weighted by Crippen LogP contribution is -2.37. The Morgan fingerprint density at radius 2 is 1.67 bits per heavy atom. The minimum absolute atomic E-state index is 0.0662. The van der Waals surface area contributed by atoms with Crippen LogP contribution >= 0.6 is 0 Å². The molecule has 0 spiro atoms. The van der Waals surface area contributed by atoms with Crippen LogP contribution in [0.5, 0.6) is 5.75 Å². The zero-order valence-electron chi connectivity index (χ0n) is 20.4. The summed E-state index contributed by atoms with van der Waals surface area (Å²) < 4.78 is 10.6. The van der Waals surface area contributed by atoms with E-state index in [2.05, 4.69) is 16.7 Å². The molecule has 4 rings (SSSR count). The molecule has 6 heteroatoms. The zero-order chi connectivity index (χ0) is 25.5. The summed E-state index contributed by atoms with van der Waals surface area (Å²) >= 11 is 0. The number of carbonyl (C=O) groups excluding carboxylic acids is 2. The maximum atomic E-state index is 13.6. The van der Waals surface area contributed by atoms with Crippen LogP contribution in [0.4, 0.5) is 0 Å². The van der Waals surface area contributed by atoms with E-state index in [1.54, 1.807) is 43.5 Å². The molecule has 0 bridgehead atoms. The number of benzene rings is 3. The molecule has 0 aliphatic carbocycles. The number of furan rings is 1. The van der Waals surface area contributed by atoms with Crippen LogP contribution in [0.2, 0.25) is 0 Å². The van der Waals surface area contributed by atoms with Gasteiger partial charge in [0.1, 0.15) is 17.2 Å². The molecule has 2 amide bonds. The van der Waals surface area contributed by atoms with Crippen molar-refractivity contribution < 1.29 is 18.7 Å². The molecular formula is C30H28N2O4. The van der Waals surface area contributed by atoms with Gasteiger partial charge in [-0.1, -0.05) is 54.1 Å². The fraction of sp³-hybridized carbons (Fsp3) is 0.133. The Hall–Kier alpha value is -4.58. The van der Waals surface area contributed by atoms with Crippen LogP contribution in [-0.4, -0.2) is 18.9 Å². The highest BCUT2D eigenvalue weighted by molar-refractivity contribution is 6.05. The van der Waals surface area contributed by atoms with Gasteiger partial charge in [-0.25, -0.2) is 0 Å². The summed E-state index contributed by atoms with van der Waals surface area (Å²) in [4.78, 5) is 26.6. The summed E-state index contributed by atoms with van der Waals surface area (Å²) in [5.41, 5.74) is 4.55. The van der Waals surface area contributed by atoms with Crippen molar-refractivity contribution in [3.05, 3.63) is 130 Å². The third-order valence-electron chi connectivity index (χ3n) is 5.82. The fourth-order valence-electron chi connectivity index (χ4n) is 3.96. The summed E-state index contributed by atoms with van der Waals surface area (Å²) in [7, 11) is 1.56. The van der Waals surface area contributed by atoms with Crippen LogP contribution in [0.15, 0.2) is 101 Å². The quantitative estimate of drug-likeness (QED) is 0.323. The molecule has 36 heavy (non-hydrogen) atoms. The van der Waals surface area contributed by atoms with Gasteiger partial charge in [-0.3, -0.25) is 9.59 Å². The van der Waals surface area contributed by atoms with Gasteiger partial charge in [0.15, 0.2) is 0 Å². The van der Waals surface area contributed by atoms with Gasteiger partial charge >= 0.3 is 0 Å². The normalized spacial score (nSPS) is 12.0. The van der Waals surface area contributed by atoms with Gasteiger partial charge in [-0.15, -0.1) is 0 Å². The maximum absolute atomic E-state index is 13.6. The lowest BCUT2D eigenvalue weighted by molar-refractivity contribution is -0.118. The Morgan fingerprint density at radius 3 is 2.31 bits per heavy atom. The summed E-state index contributed by atoms with van der Waals surface area (Å²) in [5.74, 6) is 0.211. The molecule has 0 radical (unpaired) electrons. The minimum atomic E-state index is -0.443. The highest BCUT2D eigenvalue weighted by atomic mass is 16.5. The van der Waals surface area contributed by atoms with Gasteiger partial charge in [-0.2, -0.15) is 0 Å². The first-order chi connectivity index (χ1) is 17.4. The van der Waals surface area contributed by atoms with Crippen molar-refractivity contribution in [1.82, 2.24) is 10.6 Å². The third-order valence-corrected chi connectivity index (χ3v) is 5.82. The molecule has 0 aliphatic heterocycles. The minimum Gasteiger partial charge on any atom is -0.497 e. The van der Waals surface area contributed by atoms with E-state index in [0.717, 1.165) is 22.3 Å². The van der Waals surface area contributed by atoms with Crippen molar-refractivity contribution >= 4 is 17.9 Å². The number of rotatable bonds is 8. The van der Waals surface area contributed by atoms with Gasteiger partial charge < -0.3 is 19.8 Å². The van der Waals surface area contributed by atoms with Crippen molar-refractivity contribution in [1.29, 1.82) is 0 Å². The zero-order valence-corrected chi connectivity index (χ0v) is 20.4. The fourth-order valence-corrected chi connectivity index (χ4v) is 3.96. The van der Waals surface area contributed by atoms with Crippen molar-refractivity contribution in [3.8, 4) is 5.75 Å². The lowest BCUT2D eigenvalue weighted by Gasteiger charge is -2.23. The Balaban J connectivity index is 1.66. The van der Waals surface area contributed by atoms with Crippen LogP contribution < -0.4 is 15.4 Å². The van der Waals surface area contributed by atoms with E-state index >= 15 is 0 Å². The SMILES string of the molecule is COc1ccc(C(=O)N/C(=C\c2ccco2)C(=O)N[C@@H](c2ccccc2)c2ccc(C)cc2C)cc1. The van der Waals surface area contributed by atoms with Crippen LogP contribution in [0.1, 0.15) is 44.4 Å². The monoisotopic (exact) mass is 480 g/mol. The highest BCUT2D eigenvalue weighted by Gasteiger charge is 2.22. The van der Waals surface area contributed by atoms with E-state index in [9.17, 15) is 9.59 Å². The van der Waals surface area contributed by atoms with Crippen LogP contribution in [0, 0.1) is 13.8 Å². The van der Waals surface area contributed by atoms with Gasteiger partial charge in [0.25, 0.3) is 11.8 Å². The topological polar surface area (TPSA) is 80.6 Å². The molecule has 0 fully saturated rings. The molecule has 6 nitrogen and oxygen atoms in total. The molecular weight excluding hydrogens is 452 g/mol. The average Bonchev–Trinajstić information content (AvgIpc) is 3.41. The second-order valence-corrected chi connectivity index (χ2v) is 8.43. The van der Waals surface area contributed by atoms with Crippen molar-refractivity contribution in [2.24, 2.45) is 0 Å². The Morgan fingerprint density at radius 1 is 0.917 bits per heavy atom. The van der Waals surface area contributed by atoms with E-state index in [4.69, 9.17) is 9.15 Å². The largest absolute Gasteiger partial charge is 0.497 e. The summed E-state index contributed by atoms with van der Waals surface area (Å²) in [6.45, 7) is 4.06. The van der Waals surface area contributed by atoms with Gasteiger partial charge in [0, 0.05) is 11.6 Å². The first-order valence-electron chi connectivity index (χ1n) is 11.6. The van der Waals surface area contributed by atoms with Crippen molar-refractivity contribution in [2.75, 3.05) is 7.11 Å². The number of aryl methyl sites for hydroxylation is 2. The predicted octanol–water partition coefficient (Wildman–Crippen LogP) is 5.58. The number of ether oxygens (including phenoxy) is 1.